The molecule has 7 heteroatoms. The van der Waals surface area contributed by atoms with Crippen LogP contribution in [0.15, 0.2) is 36.4 Å². The fraction of sp³-hybridized carbons (Fsp3) is 0.381. The van der Waals surface area contributed by atoms with Crippen molar-refractivity contribution in [2.75, 3.05) is 40.5 Å². The fourth-order valence-electron chi connectivity index (χ4n) is 3.26. The molecular formula is C21H26N4O3. The van der Waals surface area contributed by atoms with Gasteiger partial charge in [-0.15, -0.1) is 0 Å². The van der Waals surface area contributed by atoms with Gasteiger partial charge in [0.05, 0.1) is 35.6 Å². The van der Waals surface area contributed by atoms with Crippen LogP contribution in [0.25, 0.3) is 22.3 Å². The molecule has 1 amide bonds. The monoisotopic (exact) mass is 382 g/mol. The zero-order valence-electron chi connectivity index (χ0n) is 16.8. The number of hydrogen-bond acceptors (Lipinski definition) is 5. The van der Waals surface area contributed by atoms with Crippen LogP contribution in [0.5, 0.6) is 0 Å². The summed E-state index contributed by atoms with van der Waals surface area (Å²) >= 11 is 0. The van der Waals surface area contributed by atoms with Crippen molar-refractivity contribution in [1.29, 1.82) is 0 Å². The number of carbonyl (C=O) groups excluding carboxylic acids is 1. The third-order valence-corrected chi connectivity index (χ3v) is 4.69. The van der Waals surface area contributed by atoms with Crippen LogP contribution in [0.1, 0.15) is 16.1 Å². The molecule has 0 aliphatic heterocycles. The molecule has 0 atom stereocenters. The first-order chi connectivity index (χ1) is 13.6. The minimum atomic E-state index is -0.0743. The third kappa shape index (κ3) is 4.05. The summed E-state index contributed by atoms with van der Waals surface area (Å²) < 4.78 is 12.1. The number of benzene rings is 1. The number of carbonyl (C=O) groups is 1. The van der Waals surface area contributed by atoms with Crippen LogP contribution in [0.4, 0.5) is 0 Å². The molecule has 7 nitrogen and oxygen atoms in total. The lowest BCUT2D eigenvalue weighted by Crippen LogP contribution is -2.36. The predicted molar refractivity (Wildman–Crippen MR) is 108 cm³/mol. The topological polar surface area (TPSA) is 69.5 Å². The summed E-state index contributed by atoms with van der Waals surface area (Å²) in [6, 6.07) is 11.7. The SMILES string of the molecule is COCCN(CCOC)C(=O)c1cc(-c2ccccc2)nc2c1c(C)nn2C. The van der Waals surface area contributed by atoms with Crippen molar-refractivity contribution < 1.29 is 14.3 Å². The Labute approximate surface area is 164 Å². The van der Waals surface area contributed by atoms with Crippen LogP contribution < -0.4 is 0 Å². The molecule has 0 aliphatic carbocycles. The van der Waals surface area contributed by atoms with Crippen LogP contribution in [-0.2, 0) is 16.5 Å². The Bertz CT molecular complexity index is 945. The lowest BCUT2D eigenvalue weighted by molar-refractivity contribution is 0.0629. The zero-order chi connectivity index (χ0) is 20.1. The Balaban J connectivity index is 2.13. The van der Waals surface area contributed by atoms with Gasteiger partial charge >= 0.3 is 0 Å². The zero-order valence-corrected chi connectivity index (χ0v) is 16.8. The van der Waals surface area contributed by atoms with E-state index in [2.05, 4.69) is 5.10 Å². The molecule has 0 fully saturated rings. The Morgan fingerprint density at radius 3 is 2.36 bits per heavy atom. The van der Waals surface area contributed by atoms with Gasteiger partial charge in [-0.05, 0) is 13.0 Å². The number of pyridine rings is 1. The van der Waals surface area contributed by atoms with E-state index in [0.29, 0.717) is 37.5 Å². The van der Waals surface area contributed by atoms with E-state index in [0.717, 1.165) is 22.3 Å². The van der Waals surface area contributed by atoms with Gasteiger partial charge in [0.1, 0.15) is 0 Å². The number of methoxy groups -OCH3 is 2. The molecule has 28 heavy (non-hydrogen) atoms. The maximum absolute atomic E-state index is 13.5. The van der Waals surface area contributed by atoms with Gasteiger partial charge in [-0.25, -0.2) is 4.98 Å². The van der Waals surface area contributed by atoms with Crippen molar-refractivity contribution in [2.45, 2.75) is 6.92 Å². The average Bonchev–Trinajstić information content (AvgIpc) is 3.01. The van der Waals surface area contributed by atoms with E-state index in [4.69, 9.17) is 14.5 Å². The number of fused-ring (bicyclic) bond motifs is 1. The van der Waals surface area contributed by atoms with E-state index in [-0.39, 0.29) is 5.91 Å². The molecule has 2 aromatic heterocycles. The molecule has 1 aromatic carbocycles. The van der Waals surface area contributed by atoms with E-state index >= 15 is 0 Å². The number of aromatic nitrogens is 3. The quantitative estimate of drug-likeness (QED) is 0.599. The molecule has 0 unspecified atom stereocenters. The van der Waals surface area contributed by atoms with E-state index in [1.807, 2.05) is 50.4 Å². The summed E-state index contributed by atoms with van der Waals surface area (Å²) in [6.45, 7) is 3.80. The molecule has 3 aromatic rings. The number of aryl methyl sites for hydroxylation is 2. The standard InChI is InChI=1S/C21H26N4O3/c1-15-19-17(21(26)25(10-12-27-3)11-13-28-4)14-18(16-8-6-5-7-9-16)22-20(19)24(2)23-15/h5-9,14H,10-13H2,1-4H3. The van der Waals surface area contributed by atoms with Gasteiger partial charge in [0, 0.05) is 39.9 Å². The molecule has 148 valence electrons. The number of ether oxygens (including phenoxy) is 2. The van der Waals surface area contributed by atoms with Crippen molar-refractivity contribution >= 4 is 16.9 Å². The Morgan fingerprint density at radius 2 is 1.75 bits per heavy atom. The van der Waals surface area contributed by atoms with Crippen LogP contribution in [0.2, 0.25) is 0 Å². The van der Waals surface area contributed by atoms with E-state index in [1.165, 1.54) is 0 Å². The highest BCUT2D eigenvalue weighted by Crippen LogP contribution is 2.27. The van der Waals surface area contributed by atoms with Crippen molar-refractivity contribution in [3.8, 4) is 11.3 Å². The van der Waals surface area contributed by atoms with Crippen LogP contribution >= 0.6 is 0 Å². The molecule has 0 saturated heterocycles. The van der Waals surface area contributed by atoms with Gasteiger partial charge in [0.25, 0.3) is 5.91 Å². The second kappa shape index (κ2) is 8.95. The second-order valence-electron chi connectivity index (χ2n) is 6.61. The van der Waals surface area contributed by atoms with Crippen LogP contribution in [0.3, 0.4) is 0 Å². The van der Waals surface area contributed by atoms with Gasteiger partial charge in [-0.1, -0.05) is 30.3 Å². The van der Waals surface area contributed by atoms with Crippen molar-refractivity contribution in [1.82, 2.24) is 19.7 Å². The molecule has 0 spiro atoms. The molecule has 0 N–H and O–H groups in total. The van der Waals surface area contributed by atoms with E-state index in [9.17, 15) is 4.79 Å². The first-order valence-corrected chi connectivity index (χ1v) is 9.23. The summed E-state index contributed by atoms with van der Waals surface area (Å²) in [5.41, 5.74) is 3.78. The van der Waals surface area contributed by atoms with Crippen molar-refractivity contribution in [2.24, 2.45) is 7.05 Å². The Morgan fingerprint density at radius 1 is 1.11 bits per heavy atom. The summed E-state index contributed by atoms with van der Waals surface area (Å²) in [5.74, 6) is -0.0743. The highest BCUT2D eigenvalue weighted by molar-refractivity contribution is 6.07. The van der Waals surface area contributed by atoms with Gasteiger partial charge in [0.2, 0.25) is 0 Å². The summed E-state index contributed by atoms with van der Waals surface area (Å²) in [7, 11) is 5.10. The second-order valence-corrected chi connectivity index (χ2v) is 6.61. The predicted octanol–water partition coefficient (Wildman–Crippen LogP) is 2.68. The van der Waals surface area contributed by atoms with E-state index in [1.54, 1.807) is 23.8 Å². The number of nitrogens with zero attached hydrogens (tertiary/aromatic N) is 4. The normalized spacial score (nSPS) is 11.1. The molecular weight excluding hydrogens is 356 g/mol. The molecule has 0 aliphatic rings. The summed E-state index contributed by atoms with van der Waals surface area (Å²) in [6.07, 6.45) is 0. The smallest absolute Gasteiger partial charge is 0.254 e. The maximum Gasteiger partial charge on any atom is 0.254 e. The summed E-state index contributed by atoms with van der Waals surface area (Å²) in [5, 5.41) is 5.27. The van der Waals surface area contributed by atoms with Gasteiger partial charge < -0.3 is 14.4 Å². The fourth-order valence-corrected chi connectivity index (χ4v) is 3.26. The first kappa shape index (κ1) is 20.0. The number of rotatable bonds is 8. The minimum absolute atomic E-state index is 0.0743. The van der Waals surface area contributed by atoms with Gasteiger partial charge in [0.15, 0.2) is 5.65 Å². The lowest BCUT2D eigenvalue weighted by atomic mass is 10.0. The van der Waals surface area contributed by atoms with Gasteiger partial charge in [-0.2, -0.15) is 5.10 Å². The number of amides is 1. The van der Waals surface area contributed by atoms with E-state index < -0.39 is 0 Å². The Hall–Kier alpha value is -2.77. The third-order valence-electron chi connectivity index (χ3n) is 4.69. The molecule has 3 rings (SSSR count). The Kier molecular flexibility index (Phi) is 6.38. The largest absolute Gasteiger partial charge is 0.383 e. The molecule has 0 saturated carbocycles. The first-order valence-electron chi connectivity index (χ1n) is 9.23. The molecule has 2 heterocycles. The van der Waals surface area contributed by atoms with Crippen LogP contribution in [0, 0.1) is 6.92 Å². The lowest BCUT2D eigenvalue weighted by Gasteiger charge is -2.23. The summed E-state index contributed by atoms with van der Waals surface area (Å²) in [4.78, 5) is 20.0. The average molecular weight is 382 g/mol. The van der Waals surface area contributed by atoms with Gasteiger partial charge in [-0.3, -0.25) is 9.48 Å². The van der Waals surface area contributed by atoms with Crippen molar-refractivity contribution in [3.63, 3.8) is 0 Å². The highest BCUT2D eigenvalue weighted by atomic mass is 16.5. The minimum Gasteiger partial charge on any atom is -0.383 e. The van der Waals surface area contributed by atoms with Crippen molar-refractivity contribution in [3.05, 3.63) is 47.7 Å². The number of hydrogen-bond donors (Lipinski definition) is 0. The highest BCUT2D eigenvalue weighted by Gasteiger charge is 2.23. The maximum atomic E-state index is 13.5. The van der Waals surface area contributed by atoms with Crippen LogP contribution in [-0.4, -0.2) is 66.1 Å². The molecule has 0 radical (unpaired) electrons. The molecule has 0 bridgehead atoms.